The number of amides is 1. The fraction of sp³-hybridized carbons (Fsp3) is 0.333. The van der Waals surface area contributed by atoms with Crippen molar-refractivity contribution in [2.24, 2.45) is 0 Å². The molecule has 0 aliphatic carbocycles. The van der Waals surface area contributed by atoms with E-state index in [0.29, 0.717) is 6.42 Å². The summed E-state index contributed by atoms with van der Waals surface area (Å²) in [6.45, 7) is 0.746. The maximum Gasteiger partial charge on any atom is 0.335 e. The third-order valence-corrected chi connectivity index (χ3v) is 3.31. The molecular formula is C15H18N2O3. The molecule has 0 fully saturated rings. The number of hydrogen-bond donors (Lipinski definition) is 1. The molecule has 0 aliphatic rings. The molecule has 0 saturated carbocycles. The first kappa shape index (κ1) is 14.1. The van der Waals surface area contributed by atoms with E-state index in [2.05, 4.69) is 0 Å². The van der Waals surface area contributed by atoms with E-state index in [1.165, 1.54) is 0 Å². The van der Waals surface area contributed by atoms with Gasteiger partial charge in [-0.3, -0.25) is 4.79 Å². The van der Waals surface area contributed by atoms with Crippen molar-refractivity contribution < 1.29 is 14.7 Å². The van der Waals surface area contributed by atoms with Gasteiger partial charge in [0.2, 0.25) is 5.91 Å². The smallest absolute Gasteiger partial charge is 0.335 e. The molecule has 20 heavy (non-hydrogen) atoms. The first-order chi connectivity index (χ1) is 9.49. The molecule has 2 rings (SSSR count). The highest BCUT2D eigenvalue weighted by Crippen LogP contribution is 2.18. The summed E-state index contributed by atoms with van der Waals surface area (Å²) in [7, 11) is 3.50. The van der Waals surface area contributed by atoms with E-state index in [4.69, 9.17) is 5.11 Å². The number of carbonyl (C=O) groups excluding carboxylic acids is 1. The quantitative estimate of drug-likeness (QED) is 0.909. The van der Waals surface area contributed by atoms with Crippen molar-refractivity contribution in [1.82, 2.24) is 9.47 Å². The van der Waals surface area contributed by atoms with Gasteiger partial charge in [-0.15, -0.1) is 0 Å². The number of hydrogen-bond acceptors (Lipinski definition) is 2. The molecule has 5 nitrogen and oxygen atoms in total. The van der Waals surface area contributed by atoms with Gasteiger partial charge in [0, 0.05) is 44.2 Å². The lowest BCUT2D eigenvalue weighted by atomic mass is 10.1. The van der Waals surface area contributed by atoms with Gasteiger partial charge in [0.25, 0.3) is 0 Å². The number of carboxylic acid groups (broad SMARTS) is 1. The summed E-state index contributed by atoms with van der Waals surface area (Å²) in [5.41, 5.74) is 1.28. The van der Waals surface area contributed by atoms with E-state index in [9.17, 15) is 9.59 Å². The standard InChI is InChI=1S/C15H18N2O3/c1-16(2)14(18)4-3-8-17-9-7-11-10-12(15(19)20)5-6-13(11)17/h5-7,9-10H,3-4,8H2,1-2H3,(H,19,20). The van der Waals surface area contributed by atoms with Crippen LogP contribution < -0.4 is 0 Å². The van der Waals surface area contributed by atoms with Crippen LogP contribution in [0.5, 0.6) is 0 Å². The second kappa shape index (κ2) is 5.77. The predicted molar refractivity (Wildman–Crippen MR) is 76.8 cm³/mol. The fourth-order valence-corrected chi connectivity index (χ4v) is 2.15. The third-order valence-electron chi connectivity index (χ3n) is 3.31. The molecule has 106 valence electrons. The highest BCUT2D eigenvalue weighted by Gasteiger charge is 2.08. The minimum Gasteiger partial charge on any atom is -0.478 e. The molecule has 0 saturated heterocycles. The molecule has 1 aromatic carbocycles. The molecule has 1 heterocycles. The number of aromatic nitrogens is 1. The number of aromatic carboxylic acids is 1. The Bertz CT molecular complexity index is 644. The van der Waals surface area contributed by atoms with E-state index in [1.54, 1.807) is 31.1 Å². The summed E-state index contributed by atoms with van der Waals surface area (Å²) in [5.74, 6) is -0.800. The minimum atomic E-state index is -0.920. The van der Waals surface area contributed by atoms with E-state index >= 15 is 0 Å². The molecule has 0 atom stereocenters. The van der Waals surface area contributed by atoms with Crippen LogP contribution in [0.4, 0.5) is 0 Å². The zero-order valence-corrected chi connectivity index (χ0v) is 11.7. The van der Waals surface area contributed by atoms with E-state index < -0.39 is 5.97 Å². The molecule has 1 amide bonds. The first-order valence-corrected chi connectivity index (χ1v) is 6.51. The van der Waals surface area contributed by atoms with E-state index in [1.807, 2.05) is 22.9 Å². The predicted octanol–water partition coefficient (Wildman–Crippen LogP) is 2.21. The van der Waals surface area contributed by atoms with Crippen molar-refractivity contribution >= 4 is 22.8 Å². The van der Waals surface area contributed by atoms with Gasteiger partial charge in [-0.1, -0.05) is 0 Å². The minimum absolute atomic E-state index is 0.120. The molecule has 0 unspecified atom stereocenters. The summed E-state index contributed by atoms with van der Waals surface area (Å²) in [5, 5.41) is 9.86. The Morgan fingerprint density at radius 2 is 2.00 bits per heavy atom. The van der Waals surface area contributed by atoms with Crippen molar-refractivity contribution in [2.75, 3.05) is 14.1 Å². The highest BCUT2D eigenvalue weighted by atomic mass is 16.4. The van der Waals surface area contributed by atoms with Gasteiger partial charge in [0.15, 0.2) is 0 Å². The van der Waals surface area contributed by atoms with Crippen LogP contribution in [0, 0.1) is 0 Å². The van der Waals surface area contributed by atoms with Crippen molar-refractivity contribution in [1.29, 1.82) is 0 Å². The van der Waals surface area contributed by atoms with Gasteiger partial charge >= 0.3 is 5.97 Å². The molecule has 2 aromatic rings. The first-order valence-electron chi connectivity index (χ1n) is 6.51. The molecule has 0 spiro atoms. The Balaban J connectivity index is 2.08. The number of carboxylic acids is 1. The lowest BCUT2D eigenvalue weighted by molar-refractivity contribution is -0.128. The van der Waals surface area contributed by atoms with Gasteiger partial charge in [0.1, 0.15) is 0 Å². The molecule has 5 heteroatoms. The van der Waals surface area contributed by atoms with E-state index in [0.717, 1.165) is 23.9 Å². The number of aryl methyl sites for hydroxylation is 1. The topological polar surface area (TPSA) is 62.5 Å². The van der Waals surface area contributed by atoms with Gasteiger partial charge < -0.3 is 14.6 Å². The average Bonchev–Trinajstić information content (AvgIpc) is 2.81. The maximum absolute atomic E-state index is 11.5. The maximum atomic E-state index is 11.5. The van der Waals surface area contributed by atoms with Crippen molar-refractivity contribution in [3.8, 4) is 0 Å². The Labute approximate surface area is 117 Å². The van der Waals surface area contributed by atoms with Gasteiger partial charge in [-0.25, -0.2) is 4.79 Å². The summed E-state index contributed by atoms with van der Waals surface area (Å²) in [6, 6.07) is 6.98. The molecule has 1 N–H and O–H groups in total. The highest BCUT2D eigenvalue weighted by molar-refractivity contribution is 5.93. The lowest BCUT2D eigenvalue weighted by Gasteiger charge is -2.10. The Morgan fingerprint density at radius 1 is 1.25 bits per heavy atom. The summed E-state index contributed by atoms with van der Waals surface area (Å²) in [4.78, 5) is 24.0. The van der Waals surface area contributed by atoms with Crippen molar-refractivity contribution in [3.63, 3.8) is 0 Å². The SMILES string of the molecule is CN(C)C(=O)CCCn1ccc2cc(C(=O)O)ccc21. The molecule has 0 radical (unpaired) electrons. The van der Waals surface area contributed by atoms with Crippen molar-refractivity contribution in [2.45, 2.75) is 19.4 Å². The van der Waals surface area contributed by atoms with Crippen LogP contribution in [-0.2, 0) is 11.3 Å². The average molecular weight is 274 g/mol. The number of carbonyl (C=O) groups is 2. The second-order valence-electron chi connectivity index (χ2n) is 4.98. The second-order valence-corrected chi connectivity index (χ2v) is 4.98. The van der Waals surface area contributed by atoms with Crippen LogP contribution in [0.1, 0.15) is 23.2 Å². The van der Waals surface area contributed by atoms with Crippen LogP contribution in [0.25, 0.3) is 10.9 Å². The van der Waals surface area contributed by atoms with Crippen LogP contribution in [0.15, 0.2) is 30.5 Å². The lowest BCUT2D eigenvalue weighted by Crippen LogP contribution is -2.21. The number of fused-ring (bicyclic) bond motifs is 1. The van der Waals surface area contributed by atoms with Gasteiger partial charge in [0.05, 0.1) is 5.56 Å². The van der Waals surface area contributed by atoms with Crippen LogP contribution in [0.2, 0.25) is 0 Å². The van der Waals surface area contributed by atoms with Crippen molar-refractivity contribution in [3.05, 3.63) is 36.0 Å². The van der Waals surface area contributed by atoms with Crippen LogP contribution in [-0.4, -0.2) is 40.5 Å². The van der Waals surface area contributed by atoms with E-state index in [-0.39, 0.29) is 11.5 Å². The largest absolute Gasteiger partial charge is 0.478 e. The monoisotopic (exact) mass is 274 g/mol. The summed E-state index contributed by atoms with van der Waals surface area (Å²) < 4.78 is 2.05. The van der Waals surface area contributed by atoms with Gasteiger partial charge in [-0.2, -0.15) is 0 Å². The zero-order chi connectivity index (χ0) is 14.7. The molecule has 0 aliphatic heterocycles. The number of benzene rings is 1. The number of rotatable bonds is 5. The zero-order valence-electron chi connectivity index (χ0n) is 11.7. The summed E-state index contributed by atoms with van der Waals surface area (Å²) in [6.07, 6.45) is 3.21. The number of nitrogens with zero attached hydrogens (tertiary/aromatic N) is 2. The summed E-state index contributed by atoms with van der Waals surface area (Å²) >= 11 is 0. The molecular weight excluding hydrogens is 256 g/mol. The van der Waals surface area contributed by atoms with Gasteiger partial charge in [-0.05, 0) is 30.7 Å². The van der Waals surface area contributed by atoms with Crippen LogP contribution in [0.3, 0.4) is 0 Å². The normalized spacial score (nSPS) is 10.7. The third kappa shape index (κ3) is 2.99. The van der Waals surface area contributed by atoms with Crippen LogP contribution >= 0.6 is 0 Å². The Hall–Kier alpha value is -2.30. The Morgan fingerprint density at radius 3 is 2.65 bits per heavy atom. The molecule has 0 bridgehead atoms. The Kier molecular flexibility index (Phi) is 4.08. The molecule has 1 aromatic heterocycles. The fourth-order valence-electron chi connectivity index (χ4n) is 2.15.